The quantitative estimate of drug-likeness (QED) is 0.760. The first kappa shape index (κ1) is 17.9. The largest absolute Gasteiger partial charge is 0.381 e. The van der Waals surface area contributed by atoms with E-state index in [1.54, 1.807) is 24.4 Å². The highest BCUT2D eigenvalue weighted by Gasteiger charge is 2.54. The van der Waals surface area contributed by atoms with Gasteiger partial charge < -0.3 is 15.4 Å². The second kappa shape index (κ2) is 7.25. The van der Waals surface area contributed by atoms with E-state index in [4.69, 9.17) is 16.3 Å². The van der Waals surface area contributed by atoms with Crippen LogP contribution >= 0.6 is 11.6 Å². The average molecular weight is 387 g/mol. The Morgan fingerprint density at radius 1 is 1.19 bits per heavy atom. The van der Waals surface area contributed by atoms with Gasteiger partial charge in [0, 0.05) is 36.7 Å². The first-order chi connectivity index (χ1) is 13.1. The maximum atomic E-state index is 12.7. The van der Waals surface area contributed by atoms with Crippen molar-refractivity contribution in [2.24, 2.45) is 11.8 Å². The van der Waals surface area contributed by atoms with E-state index in [9.17, 15) is 9.59 Å². The van der Waals surface area contributed by atoms with E-state index in [2.05, 4.69) is 20.6 Å². The number of carbonyl (C=O) groups excluding carboxylic acids is 2. The molecule has 1 aliphatic carbocycles. The summed E-state index contributed by atoms with van der Waals surface area (Å²) in [6.45, 7) is 1.37. The first-order valence-electron chi connectivity index (χ1n) is 8.76. The van der Waals surface area contributed by atoms with Crippen LogP contribution in [0.4, 0.5) is 0 Å². The number of alkyl halides is 1. The number of fused-ring (bicyclic) bond motifs is 1. The number of amides is 2. The number of nitrogens with one attached hydrogen (secondary N) is 2. The molecule has 4 rings (SSSR count). The summed E-state index contributed by atoms with van der Waals surface area (Å²) in [6.07, 6.45) is 1.63. The lowest BCUT2D eigenvalue weighted by Crippen LogP contribution is -2.30. The fourth-order valence-corrected chi connectivity index (χ4v) is 3.66. The fourth-order valence-electron chi connectivity index (χ4n) is 3.42. The molecule has 2 aliphatic rings. The zero-order chi connectivity index (χ0) is 19.0. The van der Waals surface area contributed by atoms with Crippen molar-refractivity contribution in [3.05, 3.63) is 59.2 Å². The van der Waals surface area contributed by atoms with Gasteiger partial charge in [-0.25, -0.2) is 4.98 Å². The molecule has 0 radical (unpaired) electrons. The Balaban J connectivity index is 1.62. The smallest absolute Gasteiger partial charge is 0.269 e. The summed E-state index contributed by atoms with van der Waals surface area (Å²) < 4.78 is 5.35. The van der Waals surface area contributed by atoms with Gasteiger partial charge in [-0.2, -0.15) is 0 Å². The molecule has 1 saturated heterocycles. The minimum Gasteiger partial charge on any atom is -0.381 e. The summed E-state index contributed by atoms with van der Waals surface area (Å²) in [5.41, 5.74) is 1.49. The molecule has 3 heterocycles. The predicted octanol–water partition coefficient (Wildman–Crippen LogP) is 1.54. The van der Waals surface area contributed by atoms with Crippen LogP contribution in [0.3, 0.4) is 0 Å². The second-order valence-corrected chi connectivity index (χ2v) is 7.16. The predicted molar refractivity (Wildman–Crippen MR) is 98.6 cm³/mol. The molecule has 8 heteroatoms. The zero-order valence-electron chi connectivity index (χ0n) is 14.7. The van der Waals surface area contributed by atoms with Gasteiger partial charge in [-0.15, -0.1) is 11.6 Å². The Labute approximate surface area is 161 Å². The van der Waals surface area contributed by atoms with Crippen molar-refractivity contribution < 1.29 is 14.3 Å². The number of ether oxygens (including phenoxy) is 1. The van der Waals surface area contributed by atoms with Crippen LogP contribution in [-0.4, -0.2) is 48.1 Å². The van der Waals surface area contributed by atoms with E-state index in [-0.39, 0.29) is 23.6 Å². The number of hydrogen-bond donors (Lipinski definition) is 2. The molecule has 1 aliphatic heterocycles. The van der Waals surface area contributed by atoms with Gasteiger partial charge in [0.25, 0.3) is 11.8 Å². The third-order valence-electron chi connectivity index (χ3n) is 5.02. The molecule has 2 amide bonds. The van der Waals surface area contributed by atoms with E-state index in [0.29, 0.717) is 42.0 Å². The maximum absolute atomic E-state index is 12.7. The van der Waals surface area contributed by atoms with Gasteiger partial charge in [-0.3, -0.25) is 14.6 Å². The molecular formula is C19H19ClN4O3. The SMILES string of the molecule is CNC(=O)c1cc(C(=O)N[C@H]2[C@@H]3COC[C@@H]32)cc(C(Cl)c2ccccn2)n1. The molecule has 1 saturated carbocycles. The minimum atomic E-state index is -0.670. The lowest BCUT2D eigenvalue weighted by atomic mass is 10.1. The Morgan fingerprint density at radius 3 is 2.63 bits per heavy atom. The van der Waals surface area contributed by atoms with Gasteiger partial charge in [0.05, 0.1) is 24.6 Å². The summed E-state index contributed by atoms with van der Waals surface area (Å²) in [6, 6.07) is 8.61. The van der Waals surface area contributed by atoms with Crippen LogP contribution in [0.15, 0.2) is 36.5 Å². The van der Waals surface area contributed by atoms with Crippen molar-refractivity contribution in [2.45, 2.75) is 11.4 Å². The van der Waals surface area contributed by atoms with Crippen molar-refractivity contribution in [3.8, 4) is 0 Å². The molecule has 140 valence electrons. The van der Waals surface area contributed by atoms with Crippen LogP contribution in [0, 0.1) is 11.8 Å². The van der Waals surface area contributed by atoms with Crippen LogP contribution in [0.5, 0.6) is 0 Å². The molecule has 2 aromatic rings. The lowest BCUT2D eigenvalue weighted by molar-refractivity contribution is 0.0928. The van der Waals surface area contributed by atoms with Gasteiger partial charge in [-0.1, -0.05) is 6.07 Å². The van der Waals surface area contributed by atoms with Gasteiger partial charge in [0.2, 0.25) is 0 Å². The third-order valence-corrected chi connectivity index (χ3v) is 5.47. The summed E-state index contributed by atoms with van der Waals surface area (Å²) >= 11 is 6.52. The number of pyridine rings is 2. The van der Waals surface area contributed by atoms with Crippen LogP contribution in [0.25, 0.3) is 0 Å². The Morgan fingerprint density at radius 2 is 1.96 bits per heavy atom. The van der Waals surface area contributed by atoms with E-state index in [0.717, 1.165) is 0 Å². The molecule has 7 nitrogen and oxygen atoms in total. The molecule has 0 aromatic carbocycles. The number of halogens is 1. The van der Waals surface area contributed by atoms with Gasteiger partial charge >= 0.3 is 0 Å². The molecule has 0 spiro atoms. The molecule has 27 heavy (non-hydrogen) atoms. The number of rotatable bonds is 5. The van der Waals surface area contributed by atoms with E-state index >= 15 is 0 Å². The van der Waals surface area contributed by atoms with Crippen molar-refractivity contribution >= 4 is 23.4 Å². The normalized spacial score (nSPS) is 24.0. The van der Waals surface area contributed by atoms with Gasteiger partial charge in [-0.05, 0) is 24.3 Å². The molecule has 2 fully saturated rings. The number of aromatic nitrogens is 2. The second-order valence-electron chi connectivity index (χ2n) is 6.73. The summed E-state index contributed by atoms with van der Waals surface area (Å²) in [7, 11) is 1.51. The Kier molecular flexibility index (Phi) is 4.80. The number of hydrogen-bond acceptors (Lipinski definition) is 5. The van der Waals surface area contributed by atoms with Crippen LogP contribution in [-0.2, 0) is 4.74 Å². The van der Waals surface area contributed by atoms with Crippen molar-refractivity contribution in [1.82, 2.24) is 20.6 Å². The Bertz CT molecular complexity index is 867. The molecule has 4 atom stereocenters. The van der Waals surface area contributed by atoms with Gasteiger partial charge in [0.1, 0.15) is 11.1 Å². The lowest BCUT2D eigenvalue weighted by Gasteiger charge is -2.13. The third kappa shape index (κ3) is 3.52. The molecule has 2 N–H and O–H groups in total. The highest BCUT2D eigenvalue weighted by atomic mass is 35.5. The van der Waals surface area contributed by atoms with Gasteiger partial charge in [0.15, 0.2) is 0 Å². The summed E-state index contributed by atoms with van der Waals surface area (Å²) in [5, 5.41) is 4.89. The van der Waals surface area contributed by atoms with E-state index in [1.807, 2.05) is 6.07 Å². The standard InChI is InChI=1S/C19H19ClN4O3/c1-21-19(26)15-7-10(18(25)24-17-11-8-27-9-12(11)17)6-14(23-15)16(20)13-4-2-3-5-22-13/h2-7,11-12,16-17H,8-9H2,1H3,(H,21,26)(H,24,25)/t11-,12+,16?,17+. The van der Waals surface area contributed by atoms with Crippen LogP contribution < -0.4 is 10.6 Å². The minimum absolute atomic E-state index is 0.133. The topological polar surface area (TPSA) is 93.2 Å². The fraction of sp³-hybridized carbons (Fsp3) is 0.368. The highest BCUT2D eigenvalue weighted by Crippen LogP contribution is 2.44. The number of carbonyl (C=O) groups is 2. The monoisotopic (exact) mass is 386 g/mol. The van der Waals surface area contributed by atoms with Crippen molar-refractivity contribution in [2.75, 3.05) is 20.3 Å². The molecule has 2 aromatic heterocycles. The van der Waals surface area contributed by atoms with E-state index < -0.39 is 5.38 Å². The van der Waals surface area contributed by atoms with Crippen LogP contribution in [0.2, 0.25) is 0 Å². The molecule has 1 unspecified atom stereocenters. The summed E-state index contributed by atoms with van der Waals surface area (Å²) in [4.78, 5) is 33.4. The molecular weight excluding hydrogens is 368 g/mol. The number of nitrogens with zero attached hydrogens (tertiary/aromatic N) is 2. The first-order valence-corrected chi connectivity index (χ1v) is 9.20. The molecule has 0 bridgehead atoms. The highest BCUT2D eigenvalue weighted by molar-refractivity contribution is 6.22. The zero-order valence-corrected chi connectivity index (χ0v) is 15.4. The van der Waals surface area contributed by atoms with Crippen LogP contribution in [0.1, 0.15) is 37.6 Å². The summed E-state index contributed by atoms with van der Waals surface area (Å²) in [5.74, 6) is 0.159. The Hall–Kier alpha value is -2.51. The average Bonchev–Trinajstić information content (AvgIpc) is 3.13. The van der Waals surface area contributed by atoms with E-state index in [1.165, 1.54) is 13.1 Å². The van der Waals surface area contributed by atoms with Crippen molar-refractivity contribution in [3.63, 3.8) is 0 Å². The maximum Gasteiger partial charge on any atom is 0.269 e. The van der Waals surface area contributed by atoms with Crippen molar-refractivity contribution in [1.29, 1.82) is 0 Å².